The summed E-state index contributed by atoms with van der Waals surface area (Å²) in [6, 6.07) is 20.5. The zero-order chi connectivity index (χ0) is 15.9. The first kappa shape index (κ1) is 18.5. The Morgan fingerprint density at radius 3 is 1.96 bits per heavy atom. The monoisotopic (exact) mass is 344 g/mol. The van der Waals surface area contributed by atoms with Crippen molar-refractivity contribution >= 4 is 18.3 Å². The van der Waals surface area contributed by atoms with Crippen LogP contribution < -0.4 is 5.32 Å². The summed E-state index contributed by atoms with van der Waals surface area (Å²) >= 11 is 0. The number of nitrogens with zero attached hydrogens (tertiary/aromatic N) is 1. The van der Waals surface area contributed by atoms with Crippen molar-refractivity contribution in [3.8, 4) is 0 Å². The van der Waals surface area contributed by atoms with Gasteiger partial charge in [0, 0.05) is 19.6 Å². The Morgan fingerprint density at radius 2 is 1.50 bits per heavy atom. The number of piperidine rings is 1. The summed E-state index contributed by atoms with van der Waals surface area (Å²) in [6.07, 6.45) is 2.08. The van der Waals surface area contributed by atoms with Gasteiger partial charge in [-0.3, -0.25) is 4.79 Å². The summed E-state index contributed by atoms with van der Waals surface area (Å²) in [5.74, 6) is 0.376. The van der Waals surface area contributed by atoms with Crippen LogP contribution in [0.2, 0.25) is 0 Å². The number of rotatable bonds is 5. The molecule has 1 amide bonds. The molecule has 1 atom stereocenters. The van der Waals surface area contributed by atoms with Crippen molar-refractivity contribution in [3.63, 3.8) is 0 Å². The Balaban J connectivity index is 0.00000208. The first-order valence-corrected chi connectivity index (χ1v) is 8.40. The molecule has 128 valence electrons. The standard InChI is InChI=1S/C20H24N2O.ClH/c23-20(19-12-7-13-21-14-19)22(15-17-8-3-1-4-9-17)16-18-10-5-2-6-11-18;/h1-6,8-11,19,21H,7,12-16H2;1H/t19-;/m1./s1. The molecular weight excluding hydrogens is 320 g/mol. The van der Waals surface area contributed by atoms with Gasteiger partial charge in [-0.05, 0) is 30.5 Å². The molecule has 2 aromatic carbocycles. The lowest BCUT2D eigenvalue weighted by Gasteiger charge is -2.30. The predicted molar refractivity (Wildman–Crippen MR) is 100.0 cm³/mol. The molecule has 1 aliphatic heterocycles. The van der Waals surface area contributed by atoms with Gasteiger partial charge in [0.2, 0.25) is 5.91 Å². The molecule has 0 aromatic heterocycles. The molecule has 1 saturated heterocycles. The van der Waals surface area contributed by atoms with Gasteiger partial charge >= 0.3 is 0 Å². The molecule has 2 aromatic rings. The average Bonchev–Trinajstić information content (AvgIpc) is 2.63. The Morgan fingerprint density at radius 1 is 0.958 bits per heavy atom. The Kier molecular flexibility index (Phi) is 7.29. The van der Waals surface area contributed by atoms with Crippen molar-refractivity contribution in [1.29, 1.82) is 0 Å². The van der Waals surface area contributed by atoms with Gasteiger partial charge < -0.3 is 10.2 Å². The fourth-order valence-corrected chi connectivity index (χ4v) is 3.14. The fraction of sp³-hybridized carbons (Fsp3) is 0.350. The van der Waals surface area contributed by atoms with Crippen LogP contribution in [0, 0.1) is 5.92 Å². The summed E-state index contributed by atoms with van der Waals surface area (Å²) < 4.78 is 0. The zero-order valence-corrected chi connectivity index (χ0v) is 14.7. The molecule has 1 heterocycles. The summed E-state index contributed by atoms with van der Waals surface area (Å²) in [5.41, 5.74) is 2.36. The molecule has 3 rings (SSSR count). The largest absolute Gasteiger partial charge is 0.334 e. The second-order valence-corrected chi connectivity index (χ2v) is 6.21. The van der Waals surface area contributed by atoms with Gasteiger partial charge in [0.1, 0.15) is 0 Å². The second kappa shape index (κ2) is 9.45. The molecule has 0 radical (unpaired) electrons. The maximum atomic E-state index is 13.0. The Hall–Kier alpha value is -1.84. The molecule has 0 saturated carbocycles. The van der Waals surface area contributed by atoms with E-state index in [4.69, 9.17) is 0 Å². The number of halogens is 1. The third kappa shape index (κ3) is 5.08. The summed E-state index contributed by atoms with van der Waals surface area (Å²) in [6.45, 7) is 3.18. The first-order valence-electron chi connectivity index (χ1n) is 8.40. The van der Waals surface area contributed by atoms with E-state index in [-0.39, 0.29) is 24.2 Å². The summed E-state index contributed by atoms with van der Waals surface area (Å²) in [7, 11) is 0. The van der Waals surface area contributed by atoms with Crippen LogP contribution in [-0.4, -0.2) is 23.9 Å². The number of carbonyl (C=O) groups excluding carboxylic acids is 1. The van der Waals surface area contributed by atoms with Gasteiger partial charge in [-0.2, -0.15) is 0 Å². The topological polar surface area (TPSA) is 32.3 Å². The van der Waals surface area contributed by atoms with Crippen LogP contribution in [0.25, 0.3) is 0 Å². The van der Waals surface area contributed by atoms with Gasteiger partial charge in [0.05, 0.1) is 5.92 Å². The molecule has 1 aliphatic rings. The number of nitrogens with one attached hydrogen (secondary N) is 1. The van der Waals surface area contributed by atoms with E-state index in [9.17, 15) is 4.79 Å². The normalized spacial score (nSPS) is 16.9. The molecule has 4 heteroatoms. The van der Waals surface area contributed by atoms with Gasteiger partial charge in [0.15, 0.2) is 0 Å². The van der Waals surface area contributed by atoms with Crippen LogP contribution in [0.1, 0.15) is 24.0 Å². The van der Waals surface area contributed by atoms with Crippen molar-refractivity contribution in [3.05, 3.63) is 71.8 Å². The minimum atomic E-state index is 0. The maximum Gasteiger partial charge on any atom is 0.227 e. The molecular formula is C20H25ClN2O. The minimum Gasteiger partial charge on any atom is -0.334 e. The van der Waals surface area contributed by atoms with Gasteiger partial charge in [-0.25, -0.2) is 0 Å². The SMILES string of the molecule is Cl.O=C([C@@H]1CCCNC1)N(Cc1ccccc1)Cc1ccccc1. The number of amides is 1. The highest BCUT2D eigenvalue weighted by atomic mass is 35.5. The van der Waals surface area contributed by atoms with E-state index in [0.717, 1.165) is 25.9 Å². The lowest BCUT2D eigenvalue weighted by Crippen LogP contribution is -2.42. The summed E-state index contributed by atoms with van der Waals surface area (Å²) in [4.78, 5) is 15.0. The van der Waals surface area contributed by atoms with Crippen molar-refractivity contribution in [1.82, 2.24) is 10.2 Å². The second-order valence-electron chi connectivity index (χ2n) is 6.21. The lowest BCUT2D eigenvalue weighted by molar-refractivity contribution is -0.137. The highest BCUT2D eigenvalue weighted by Gasteiger charge is 2.26. The zero-order valence-electron chi connectivity index (χ0n) is 13.9. The minimum absolute atomic E-state index is 0. The smallest absolute Gasteiger partial charge is 0.227 e. The molecule has 0 spiro atoms. The summed E-state index contributed by atoms with van der Waals surface area (Å²) in [5, 5.41) is 3.35. The quantitative estimate of drug-likeness (QED) is 0.898. The lowest BCUT2D eigenvalue weighted by atomic mass is 9.97. The van der Waals surface area contributed by atoms with E-state index < -0.39 is 0 Å². The third-order valence-electron chi connectivity index (χ3n) is 4.39. The predicted octanol–water partition coefficient (Wildman–Crippen LogP) is 3.64. The fourth-order valence-electron chi connectivity index (χ4n) is 3.14. The number of hydrogen-bond donors (Lipinski definition) is 1. The number of benzene rings is 2. The van der Waals surface area contributed by atoms with Crippen LogP contribution in [0.4, 0.5) is 0 Å². The van der Waals surface area contributed by atoms with E-state index in [1.807, 2.05) is 41.3 Å². The average molecular weight is 345 g/mol. The van der Waals surface area contributed by atoms with E-state index in [0.29, 0.717) is 13.1 Å². The van der Waals surface area contributed by atoms with Crippen LogP contribution in [0.3, 0.4) is 0 Å². The molecule has 24 heavy (non-hydrogen) atoms. The third-order valence-corrected chi connectivity index (χ3v) is 4.39. The highest BCUT2D eigenvalue weighted by Crippen LogP contribution is 2.18. The molecule has 3 nitrogen and oxygen atoms in total. The number of hydrogen-bond acceptors (Lipinski definition) is 2. The van der Waals surface area contributed by atoms with Gasteiger partial charge in [-0.15, -0.1) is 12.4 Å². The van der Waals surface area contributed by atoms with Crippen molar-refractivity contribution in [2.24, 2.45) is 5.92 Å². The molecule has 1 fully saturated rings. The molecule has 0 unspecified atom stereocenters. The van der Waals surface area contributed by atoms with Crippen LogP contribution >= 0.6 is 12.4 Å². The Labute approximate surface area is 150 Å². The van der Waals surface area contributed by atoms with Crippen LogP contribution in [-0.2, 0) is 17.9 Å². The van der Waals surface area contributed by atoms with Crippen LogP contribution in [0.15, 0.2) is 60.7 Å². The van der Waals surface area contributed by atoms with Crippen molar-refractivity contribution in [2.75, 3.05) is 13.1 Å². The van der Waals surface area contributed by atoms with E-state index in [1.165, 1.54) is 11.1 Å². The van der Waals surface area contributed by atoms with Gasteiger partial charge in [0.25, 0.3) is 0 Å². The van der Waals surface area contributed by atoms with Crippen molar-refractivity contribution < 1.29 is 4.79 Å². The number of carbonyl (C=O) groups is 1. The molecule has 0 aliphatic carbocycles. The molecule has 0 bridgehead atoms. The first-order chi connectivity index (χ1) is 11.3. The maximum absolute atomic E-state index is 13.0. The van der Waals surface area contributed by atoms with Gasteiger partial charge in [-0.1, -0.05) is 60.7 Å². The molecule has 1 N–H and O–H groups in total. The van der Waals surface area contributed by atoms with E-state index in [1.54, 1.807) is 0 Å². The van der Waals surface area contributed by atoms with E-state index in [2.05, 4.69) is 29.6 Å². The van der Waals surface area contributed by atoms with E-state index >= 15 is 0 Å². The van der Waals surface area contributed by atoms with Crippen LogP contribution in [0.5, 0.6) is 0 Å². The van der Waals surface area contributed by atoms with Crippen molar-refractivity contribution in [2.45, 2.75) is 25.9 Å². The Bertz CT molecular complexity index is 571. The highest BCUT2D eigenvalue weighted by molar-refractivity contribution is 5.85.